The zero-order valence-electron chi connectivity index (χ0n) is 24.2. The Morgan fingerprint density at radius 1 is 0.683 bits per heavy atom. The summed E-state index contributed by atoms with van der Waals surface area (Å²) in [6.45, 7) is 3.33. The molecule has 1 aliphatic rings. The van der Waals surface area contributed by atoms with Crippen molar-refractivity contribution in [1.29, 1.82) is 0 Å². The number of ether oxygens (including phenoxy) is 3. The molecule has 1 fully saturated rings. The molecular formula is C34H45O6P. The average Bonchev–Trinajstić information content (AvgIpc) is 3.01. The van der Waals surface area contributed by atoms with Crippen molar-refractivity contribution in [3.63, 3.8) is 0 Å². The third-order valence-electron chi connectivity index (χ3n) is 7.49. The molecule has 2 unspecified atom stereocenters. The van der Waals surface area contributed by atoms with Crippen LogP contribution in [0.2, 0.25) is 0 Å². The van der Waals surface area contributed by atoms with Crippen LogP contribution in [0, 0.1) is 0 Å². The fourth-order valence-electron chi connectivity index (χ4n) is 5.16. The predicted octanol–water partition coefficient (Wildman–Crippen LogP) is 7.73. The summed E-state index contributed by atoms with van der Waals surface area (Å²) in [5.74, 6) is -1.28. The molecule has 41 heavy (non-hydrogen) atoms. The highest BCUT2D eigenvalue weighted by molar-refractivity contribution is 7.59. The molecule has 0 bridgehead atoms. The van der Waals surface area contributed by atoms with Gasteiger partial charge < -0.3 is 23.8 Å². The fourth-order valence-corrected chi connectivity index (χ4v) is 7.66. The molecule has 3 aromatic rings. The molecule has 0 aromatic heterocycles. The van der Waals surface area contributed by atoms with Crippen molar-refractivity contribution >= 4 is 7.37 Å². The standard InChI is InChI=1S/C34H45O6P/c1-2-3-4-5-6-16-23-41(36)34(35)33(39-26-30-21-14-9-15-22-30)32(38-25-29-19-12-8-13-20-29)31(40-41)27-37-24-28-17-10-7-11-18-28/h7-15,17-22,31-35H,2-6,16,23-27H2,1H3/t31-,32-,33+,34?,41?/m1/s1. The van der Waals surface area contributed by atoms with Crippen molar-refractivity contribution in [1.82, 2.24) is 0 Å². The zero-order valence-corrected chi connectivity index (χ0v) is 25.1. The van der Waals surface area contributed by atoms with E-state index in [2.05, 4.69) is 6.92 Å². The molecule has 7 heteroatoms. The Balaban J connectivity index is 1.52. The molecule has 0 radical (unpaired) electrons. The number of rotatable bonds is 17. The number of aliphatic hydroxyl groups is 1. The van der Waals surface area contributed by atoms with Gasteiger partial charge in [-0.05, 0) is 23.1 Å². The van der Waals surface area contributed by atoms with Crippen LogP contribution in [0.15, 0.2) is 91.0 Å². The molecule has 1 N–H and O–H groups in total. The van der Waals surface area contributed by atoms with Crippen molar-refractivity contribution < 1.29 is 28.4 Å². The van der Waals surface area contributed by atoms with Crippen LogP contribution in [-0.4, -0.2) is 42.0 Å². The summed E-state index contributed by atoms with van der Waals surface area (Å²) in [5, 5.41) is 11.6. The normalized spacial score (nSPS) is 24.3. The second kappa shape index (κ2) is 17.0. The van der Waals surface area contributed by atoms with Crippen molar-refractivity contribution in [3.8, 4) is 0 Å². The first-order valence-electron chi connectivity index (χ1n) is 15.0. The second-order valence-electron chi connectivity index (χ2n) is 10.8. The van der Waals surface area contributed by atoms with Gasteiger partial charge in [-0.25, -0.2) is 0 Å². The molecule has 5 atom stereocenters. The highest BCUT2D eigenvalue weighted by Gasteiger charge is 2.52. The third-order valence-corrected chi connectivity index (χ3v) is 10.2. The number of unbranched alkanes of at least 4 members (excludes halogenated alkanes) is 5. The maximum atomic E-state index is 14.3. The fraction of sp³-hybridized carbons (Fsp3) is 0.471. The van der Waals surface area contributed by atoms with Gasteiger partial charge in [0.05, 0.1) is 26.4 Å². The van der Waals surface area contributed by atoms with Crippen LogP contribution in [0.3, 0.4) is 0 Å². The predicted molar refractivity (Wildman–Crippen MR) is 163 cm³/mol. The van der Waals surface area contributed by atoms with E-state index in [4.69, 9.17) is 18.7 Å². The van der Waals surface area contributed by atoms with Crippen LogP contribution in [0.25, 0.3) is 0 Å². The summed E-state index contributed by atoms with van der Waals surface area (Å²) in [5.41, 5.74) is 3.00. The van der Waals surface area contributed by atoms with E-state index in [1.165, 1.54) is 19.3 Å². The lowest BCUT2D eigenvalue weighted by molar-refractivity contribution is -0.175. The number of hydrogen-bond donors (Lipinski definition) is 1. The van der Waals surface area contributed by atoms with E-state index in [0.717, 1.165) is 36.0 Å². The molecule has 1 aliphatic heterocycles. The Hall–Kier alpha value is -2.31. The smallest absolute Gasteiger partial charge is 0.233 e. The first-order valence-corrected chi connectivity index (χ1v) is 16.8. The monoisotopic (exact) mass is 580 g/mol. The largest absolute Gasteiger partial charge is 0.380 e. The van der Waals surface area contributed by atoms with Crippen LogP contribution in [0.4, 0.5) is 0 Å². The Morgan fingerprint density at radius 2 is 1.17 bits per heavy atom. The van der Waals surface area contributed by atoms with Gasteiger partial charge in [-0.15, -0.1) is 0 Å². The summed E-state index contributed by atoms with van der Waals surface area (Å²) >= 11 is 0. The highest BCUT2D eigenvalue weighted by atomic mass is 31.2. The van der Waals surface area contributed by atoms with Crippen LogP contribution >= 0.6 is 7.37 Å². The quantitative estimate of drug-likeness (QED) is 0.130. The van der Waals surface area contributed by atoms with Gasteiger partial charge >= 0.3 is 0 Å². The minimum absolute atomic E-state index is 0.173. The van der Waals surface area contributed by atoms with Gasteiger partial charge in [0.1, 0.15) is 18.3 Å². The van der Waals surface area contributed by atoms with Gasteiger partial charge in [-0.1, -0.05) is 130 Å². The van der Waals surface area contributed by atoms with E-state index in [0.29, 0.717) is 19.4 Å². The van der Waals surface area contributed by atoms with Gasteiger partial charge in [-0.3, -0.25) is 4.57 Å². The lowest BCUT2D eigenvalue weighted by atomic mass is 10.1. The second-order valence-corrected chi connectivity index (χ2v) is 13.4. The van der Waals surface area contributed by atoms with Crippen LogP contribution in [-0.2, 0) is 43.1 Å². The average molecular weight is 581 g/mol. The number of hydrogen-bond acceptors (Lipinski definition) is 6. The summed E-state index contributed by atoms with van der Waals surface area (Å²) in [6, 6.07) is 29.6. The first-order chi connectivity index (χ1) is 20.1. The molecule has 0 aliphatic carbocycles. The topological polar surface area (TPSA) is 74.2 Å². The molecule has 6 nitrogen and oxygen atoms in total. The number of benzene rings is 3. The molecule has 0 spiro atoms. The van der Waals surface area contributed by atoms with Crippen molar-refractivity contribution in [3.05, 3.63) is 108 Å². The van der Waals surface area contributed by atoms with Gasteiger partial charge in [0.15, 0.2) is 5.85 Å². The third kappa shape index (κ3) is 9.89. The van der Waals surface area contributed by atoms with Gasteiger partial charge in [0.25, 0.3) is 0 Å². The van der Waals surface area contributed by atoms with E-state index in [1.807, 2.05) is 91.0 Å². The Labute approximate surface area is 245 Å². The SMILES string of the molecule is CCCCCCCCP1(=O)O[C@H](COCc2ccccc2)[C@@H](OCc2ccccc2)[C@H](OCc2ccccc2)C1O. The van der Waals surface area contributed by atoms with Crippen LogP contribution in [0.1, 0.15) is 62.1 Å². The van der Waals surface area contributed by atoms with Crippen LogP contribution < -0.4 is 0 Å². The molecule has 222 valence electrons. The maximum absolute atomic E-state index is 14.3. The van der Waals surface area contributed by atoms with Gasteiger partial charge in [0.2, 0.25) is 7.37 Å². The zero-order chi connectivity index (χ0) is 28.8. The minimum atomic E-state index is -3.47. The first kappa shape index (κ1) is 31.6. The highest BCUT2D eigenvalue weighted by Crippen LogP contribution is 2.58. The molecular weight excluding hydrogens is 535 g/mol. The Kier molecular flexibility index (Phi) is 13.1. The molecule has 3 aromatic carbocycles. The van der Waals surface area contributed by atoms with E-state index in [9.17, 15) is 9.67 Å². The summed E-state index contributed by atoms with van der Waals surface area (Å²) < 4.78 is 39.4. The van der Waals surface area contributed by atoms with E-state index >= 15 is 0 Å². The van der Waals surface area contributed by atoms with Crippen LogP contribution in [0.5, 0.6) is 0 Å². The summed E-state index contributed by atoms with van der Waals surface area (Å²) in [6.07, 6.45) is 4.48. The Bertz CT molecular complexity index is 1160. The lowest BCUT2D eigenvalue weighted by Crippen LogP contribution is -2.54. The maximum Gasteiger partial charge on any atom is 0.233 e. The van der Waals surface area contributed by atoms with E-state index in [-0.39, 0.29) is 13.2 Å². The van der Waals surface area contributed by atoms with Crippen molar-refractivity contribution in [2.75, 3.05) is 12.8 Å². The summed E-state index contributed by atoms with van der Waals surface area (Å²) in [7, 11) is -3.47. The number of aliphatic hydroxyl groups excluding tert-OH is 1. The van der Waals surface area contributed by atoms with Gasteiger partial charge in [0, 0.05) is 6.16 Å². The molecule has 4 rings (SSSR count). The van der Waals surface area contributed by atoms with E-state index in [1.54, 1.807) is 0 Å². The molecule has 1 saturated heterocycles. The van der Waals surface area contributed by atoms with E-state index < -0.39 is 31.5 Å². The Morgan fingerprint density at radius 3 is 1.73 bits per heavy atom. The minimum Gasteiger partial charge on any atom is -0.380 e. The molecule has 0 amide bonds. The molecule has 0 saturated carbocycles. The van der Waals surface area contributed by atoms with Gasteiger partial charge in [-0.2, -0.15) is 0 Å². The van der Waals surface area contributed by atoms with Crippen molar-refractivity contribution in [2.24, 2.45) is 0 Å². The summed E-state index contributed by atoms with van der Waals surface area (Å²) in [4.78, 5) is 0. The lowest BCUT2D eigenvalue weighted by Gasteiger charge is -2.44. The molecule has 1 heterocycles. The van der Waals surface area contributed by atoms with Crippen molar-refractivity contribution in [2.45, 2.75) is 89.4 Å².